The molecule has 0 bridgehead atoms. The highest BCUT2D eigenvalue weighted by Gasteiger charge is 2.49. The van der Waals surface area contributed by atoms with Crippen LogP contribution in [-0.4, -0.2) is 23.1 Å². The van der Waals surface area contributed by atoms with Gasteiger partial charge in [0.05, 0.1) is 0 Å². The number of hydrogen-bond acceptors (Lipinski definition) is 6. The minimum Gasteiger partial charge on any atom is -0.297 e. The molecule has 0 amide bonds. The first-order valence-corrected chi connectivity index (χ1v) is 8.68. The molecule has 0 radical (unpaired) electrons. The minimum atomic E-state index is -1.42. The van der Waals surface area contributed by atoms with Crippen molar-refractivity contribution in [2.75, 3.05) is 0 Å². The van der Waals surface area contributed by atoms with E-state index in [2.05, 4.69) is 6.92 Å². The molecular formula is C18H34O6. The van der Waals surface area contributed by atoms with Crippen molar-refractivity contribution in [2.45, 2.75) is 98.7 Å². The van der Waals surface area contributed by atoms with E-state index in [1.807, 2.05) is 0 Å². The lowest BCUT2D eigenvalue weighted by Gasteiger charge is -2.29. The van der Waals surface area contributed by atoms with E-state index in [4.69, 9.17) is 19.6 Å². The van der Waals surface area contributed by atoms with Crippen LogP contribution in [0.4, 0.5) is 0 Å². The summed E-state index contributed by atoms with van der Waals surface area (Å²) in [6, 6.07) is 0. The van der Waals surface area contributed by atoms with Crippen LogP contribution in [0.5, 0.6) is 0 Å². The summed E-state index contributed by atoms with van der Waals surface area (Å²) in [5.74, 6) is -1.47. The Bertz CT molecular complexity index is 373. The third kappa shape index (κ3) is 8.11. The highest BCUT2D eigenvalue weighted by Crippen LogP contribution is 2.34. The fraction of sp³-hybridized carbons (Fsp3) is 0.889. The second kappa shape index (κ2) is 9.37. The lowest BCUT2D eigenvalue weighted by atomic mass is 9.80. The van der Waals surface area contributed by atoms with Crippen molar-refractivity contribution >= 4 is 11.9 Å². The third-order valence-corrected chi connectivity index (χ3v) is 3.33. The lowest BCUT2D eigenvalue weighted by molar-refractivity contribution is -0.340. The van der Waals surface area contributed by atoms with Gasteiger partial charge >= 0.3 is 11.9 Å². The Morgan fingerprint density at radius 2 is 1.17 bits per heavy atom. The van der Waals surface area contributed by atoms with Crippen molar-refractivity contribution in [3.8, 4) is 0 Å². The quantitative estimate of drug-likeness (QED) is 0.265. The second-order valence-corrected chi connectivity index (χ2v) is 8.03. The maximum atomic E-state index is 12.6. The first-order valence-electron chi connectivity index (χ1n) is 8.68. The van der Waals surface area contributed by atoms with Gasteiger partial charge in [-0.15, -0.1) is 0 Å². The van der Waals surface area contributed by atoms with E-state index in [0.29, 0.717) is 12.8 Å². The lowest BCUT2D eigenvalue weighted by Crippen LogP contribution is -2.43. The van der Waals surface area contributed by atoms with E-state index >= 15 is 0 Å². The van der Waals surface area contributed by atoms with E-state index < -0.39 is 28.6 Å². The predicted octanol–water partition coefficient (Wildman–Crippen LogP) is 4.51. The average Bonchev–Trinajstić information content (AvgIpc) is 2.45. The van der Waals surface area contributed by atoms with Gasteiger partial charge in [-0.1, -0.05) is 33.1 Å². The fourth-order valence-corrected chi connectivity index (χ4v) is 1.91. The molecule has 0 aliphatic rings. The number of unbranched alkanes of at least 4 members (excludes halogenated alkanes) is 2. The zero-order chi connectivity index (χ0) is 19.0. The molecule has 0 spiro atoms. The van der Waals surface area contributed by atoms with Crippen LogP contribution in [-0.2, 0) is 29.1 Å². The number of carbonyl (C=O) groups is 2. The summed E-state index contributed by atoms with van der Waals surface area (Å²) in [7, 11) is 0. The van der Waals surface area contributed by atoms with Crippen molar-refractivity contribution in [1.82, 2.24) is 0 Å². The summed E-state index contributed by atoms with van der Waals surface area (Å²) in [5, 5.41) is 0. The summed E-state index contributed by atoms with van der Waals surface area (Å²) in [6.07, 6.45) is 3.16. The van der Waals surface area contributed by atoms with Gasteiger partial charge in [0.2, 0.25) is 0 Å². The molecule has 6 heteroatoms. The van der Waals surface area contributed by atoms with Crippen LogP contribution in [0.3, 0.4) is 0 Å². The van der Waals surface area contributed by atoms with Gasteiger partial charge in [-0.2, -0.15) is 9.78 Å². The zero-order valence-corrected chi connectivity index (χ0v) is 16.5. The topological polar surface area (TPSA) is 71.1 Å². The Morgan fingerprint density at radius 3 is 1.46 bits per heavy atom. The molecule has 0 aliphatic carbocycles. The molecule has 24 heavy (non-hydrogen) atoms. The Kier molecular flexibility index (Phi) is 8.93. The van der Waals surface area contributed by atoms with Crippen LogP contribution in [0.2, 0.25) is 0 Å². The van der Waals surface area contributed by atoms with Gasteiger partial charge in [0, 0.05) is 0 Å². The molecule has 0 aromatic rings. The maximum Gasteiger partial charge on any atom is 0.359 e. The van der Waals surface area contributed by atoms with Crippen LogP contribution in [0.15, 0.2) is 0 Å². The summed E-state index contributed by atoms with van der Waals surface area (Å²) < 4.78 is 0. The standard InChI is InChI=1S/C18H34O6/c1-9-11-12-13-18(10-2,14(19)21-23-16(3,4)5)15(20)22-24-17(6,7)8/h9-13H2,1-8H3. The Labute approximate surface area is 146 Å². The van der Waals surface area contributed by atoms with E-state index in [1.54, 1.807) is 48.5 Å². The summed E-state index contributed by atoms with van der Waals surface area (Å²) >= 11 is 0. The Morgan fingerprint density at radius 1 is 0.750 bits per heavy atom. The van der Waals surface area contributed by atoms with E-state index in [9.17, 15) is 9.59 Å². The Hall–Kier alpha value is -1.14. The smallest absolute Gasteiger partial charge is 0.297 e. The van der Waals surface area contributed by atoms with Crippen molar-refractivity contribution in [3.63, 3.8) is 0 Å². The van der Waals surface area contributed by atoms with Gasteiger partial charge in [0.1, 0.15) is 11.2 Å². The fourth-order valence-electron chi connectivity index (χ4n) is 1.91. The average molecular weight is 346 g/mol. The predicted molar refractivity (Wildman–Crippen MR) is 90.7 cm³/mol. The maximum absolute atomic E-state index is 12.6. The van der Waals surface area contributed by atoms with E-state index in [-0.39, 0.29) is 6.42 Å². The molecule has 0 aromatic heterocycles. The highest BCUT2D eigenvalue weighted by atomic mass is 17.2. The zero-order valence-electron chi connectivity index (χ0n) is 16.5. The molecule has 0 aliphatic heterocycles. The summed E-state index contributed by atoms with van der Waals surface area (Å²) in [4.78, 5) is 45.3. The van der Waals surface area contributed by atoms with Crippen LogP contribution < -0.4 is 0 Å². The molecule has 0 N–H and O–H groups in total. The molecular weight excluding hydrogens is 312 g/mol. The van der Waals surface area contributed by atoms with Crippen LogP contribution >= 0.6 is 0 Å². The van der Waals surface area contributed by atoms with E-state index in [0.717, 1.165) is 12.8 Å². The van der Waals surface area contributed by atoms with Crippen molar-refractivity contribution < 1.29 is 29.1 Å². The first kappa shape index (κ1) is 22.9. The van der Waals surface area contributed by atoms with Gasteiger partial charge in [-0.05, 0) is 54.4 Å². The summed E-state index contributed by atoms with van der Waals surface area (Å²) in [5.41, 5.74) is -2.75. The SMILES string of the molecule is CCCCCC(CC)(C(=O)OOC(C)(C)C)C(=O)OOC(C)(C)C. The van der Waals surface area contributed by atoms with Gasteiger partial charge in [0.25, 0.3) is 0 Å². The largest absolute Gasteiger partial charge is 0.359 e. The molecule has 0 heterocycles. The molecule has 0 fully saturated rings. The van der Waals surface area contributed by atoms with Crippen molar-refractivity contribution in [3.05, 3.63) is 0 Å². The minimum absolute atomic E-state index is 0.245. The van der Waals surface area contributed by atoms with Crippen LogP contribution in [0.25, 0.3) is 0 Å². The molecule has 0 atom stereocenters. The van der Waals surface area contributed by atoms with Crippen LogP contribution in [0, 0.1) is 5.41 Å². The van der Waals surface area contributed by atoms with Gasteiger partial charge < -0.3 is 0 Å². The van der Waals surface area contributed by atoms with Crippen molar-refractivity contribution in [2.24, 2.45) is 5.41 Å². The third-order valence-electron chi connectivity index (χ3n) is 3.33. The molecule has 0 rings (SSSR count). The molecule has 6 nitrogen and oxygen atoms in total. The van der Waals surface area contributed by atoms with Crippen LogP contribution in [0.1, 0.15) is 87.5 Å². The van der Waals surface area contributed by atoms with E-state index in [1.165, 1.54) is 0 Å². The monoisotopic (exact) mass is 346 g/mol. The van der Waals surface area contributed by atoms with Gasteiger partial charge in [-0.25, -0.2) is 9.59 Å². The number of carbonyl (C=O) groups excluding carboxylic acids is 2. The normalized spacial score (nSPS) is 12.8. The molecule has 0 aromatic carbocycles. The molecule has 0 saturated heterocycles. The molecule has 0 unspecified atom stereocenters. The first-order chi connectivity index (χ1) is 10.9. The van der Waals surface area contributed by atoms with Gasteiger partial charge in [0.15, 0.2) is 5.41 Å². The number of rotatable bonds is 9. The Balaban J connectivity index is 5.23. The number of hydrogen-bond donors (Lipinski definition) is 0. The summed E-state index contributed by atoms with van der Waals surface area (Å²) in [6.45, 7) is 14.3. The second-order valence-electron chi connectivity index (χ2n) is 8.03. The van der Waals surface area contributed by atoms with Gasteiger partial charge in [-0.3, -0.25) is 9.78 Å². The molecule has 0 saturated carbocycles. The van der Waals surface area contributed by atoms with Crippen molar-refractivity contribution in [1.29, 1.82) is 0 Å². The molecule has 142 valence electrons. The highest BCUT2D eigenvalue weighted by molar-refractivity contribution is 5.99.